The molecule has 2 heterocycles. The molecular weight excluding hydrogens is 318 g/mol. The zero-order valence-electron chi connectivity index (χ0n) is 15.3. The Morgan fingerprint density at radius 2 is 1.84 bits per heavy atom. The van der Waals surface area contributed by atoms with Gasteiger partial charge in [0.15, 0.2) is 0 Å². The maximum Gasteiger partial charge on any atom is 0.336 e. The van der Waals surface area contributed by atoms with Crippen molar-refractivity contribution >= 4 is 11.0 Å². The predicted molar refractivity (Wildman–Crippen MR) is 98.1 cm³/mol. The van der Waals surface area contributed by atoms with Crippen LogP contribution in [0.4, 0.5) is 0 Å². The highest BCUT2D eigenvalue weighted by molar-refractivity contribution is 5.81. The SMILES string of the molecule is COCCOC1CCN(Cc2cc(=O)oc3cc(C)c(C)cc23)CC1. The maximum atomic E-state index is 11.9. The first kappa shape index (κ1) is 18.1. The quantitative estimate of drug-likeness (QED) is 0.595. The van der Waals surface area contributed by atoms with E-state index in [0.717, 1.165) is 49.0 Å². The number of likely N-dealkylation sites (tertiary alicyclic amines) is 1. The average molecular weight is 345 g/mol. The van der Waals surface area contributed by atoms with Crippen molar-refractivity contribution in [2.45, 2.75) is 39.3 Å². The molecule has 1 aromatic heterocycles. The lowest BCUT2D eigenvalue weighted by atomic mass is 10.0. The van der Waals surface area contributed by atoms with Crippen molar-refractivity contribution in [2.24, 2.45) is 0 Å². The molecule has 1 saturated heterocycles. The van der Waals surface area contributed by atoms with E-state index in [2.05, 4.69) is 17.9 Å². The summed E-state index contributed by atoms with van der Waals surface area (Å²) in [6.45, 7) is 8.15. The molecule has 1 aliphatic rings. The van der Waals surface area contributed by atoms with Crippen LogP contribution in [0, 0.1) is 13.8 Å². The van der Waals surface area contributed by atoms with Crippen LogP contribution in [-0.2, 0) is 16.0 Å². The lowest BCUT2D eigenvalue weighted by Crippen LogP contribution is -2.37. The summed E-state index contributed by atoms with van der Waals surface area (Å²) in [5, 5.41) is 1.04. The molecule has 0 radical (unpaired) electrons. The molecule has 136 valence electrons. The molecule has 1 fully saturated rings. The molecule has 0 unspecified atom stereocenters. The molecule has 2 aromatic rings. The highest BCUT2D eigenvalue weighted by Crippen LogP contribution is 2.24. The normalized spacial score (nSPS) is 16.6. The van der Waals surface area contributed by atoms with Gasteiger partial charge in [0, 0.05) is 38.2 Å². The summed E-state index contributed by atoms with van der Waals surface area (Å²) >= 11 is 0. The number of hydrogen-bond acceptors (Lipinski definition) is 5. The molecule has 0 spiro atoms. The number of fused-ring (bicyclic) bond motifs is 1. The smallest absolute Gasteiger partial charge is 0.336 e. The Morgan fingerprint density at radius 3 is 2.56 bits per heavy atom. The Kier molecular flexibility index (Phi) is 5.89. The van der Waals surface area contributed by atoms with Crippen LogP contribution in [0.1, 0.15) is 29.5 Å². The van der Waals surface area contributed by atoms with Gasteiger partial charge >= 0.3 is 5.63 Å². The van der Waals surface area contributed by atoms with E-state index in [1.54, 1.807) is 13.2 Å². The van der Waals surface area contributed by atoms with E-state index in [1.807, 2.05) is 13.0 Å². The van der Waals surface area contributed by atoms with Crippen LogP contribution in [-0.4, -0.2) is 44.4 Å². The van der Waals surface area contributed by atoms with Crippen molar-refractivity contribution in [3.05, 3.63) is 45.3 Å². The van der Waals surface area contributed by atoms with Gasteiger partial charge in [-0.3, -0.25) is 4.90 Å². The summed E-state index contributed by atoms with van der Waals surface area (Å²) in [6, 6.07) is 5.73. The monoisotopic (exact) mass is 345 g/mol. The van der Waals surface area contributed by atoms with E-state index in [1.165, 1.54) is 5.56 Å². The van der Waals surface area contributed by atoms with Crippen molar-refractivity contribution in [3.8, 4) is 0 Å². The van der Waals surface area contributed by atoms with E-state index in [4.69, 9.17) is 13.9 Å². The van der Waals surface area contributed by atoms with Gasteiger partial charge in [0.2, 0.25) is 0 Å². The number of hydrogen-bond donors (Lipinski definition) is 0. The fraction of sp³-hybridized carbons (Fsp3) is 0.550. The molecule has 0 saturated carbocycles. The van der Waals surface area contributed by atoms with E-state index in [0.29, 0.717) is 24.9 Å². The standard InChI is InChI=1S/C20H27NO4/c1-14-10-18-16(12-20(22)25-19(18)11-15(14)2)13-21-6-4-17(5-7-21)24-9-8-23-3/h10-12,17H,4-9,13H2,1-3H3. The number of nitrogens with zero attached hydrogens (tertiary/aromatic N) is 1. The van der Waals surface area contributed by atoms with Gasteiger partial charge in [-0.2, -0.15) is 0 Å². The van der Waals surface area contributed by atoms with Crippen LogP contribution in [0.25, 0.3) is 11.0 Å². The van der Waals surface area contributed by atoms with Crippen molar-refractivity contribution in [1.82, 2.24) is 4.90 Å². The third-order valence-electron chi connectivity index (χ3n) is 5.01. The number of methoxy groups -OCH3 is 1. The molecule has 1 aliphatic heterocycles. The number of aryl methyl sites for hydroxylation is 2. The molecule has 1 aromatic carbocycles. The molecule has 5 heteroatoms. The lowest BCUT2D eigenvalue weighted by molar-refractivity contribution is -0.0157. The van der Waals surface area contributed by atoms with Crippen LogP contribution in [0.5, 0.6) is 0 Å². The minimum Gasteiger partial charge on any atom is -0.423 e. The average Bonchev–Trinajstić information content (AvgIpc) is 2.58. The predicted octanol–water partition coefficient (Wildman–Crippen LogP) is 3.04. The summed E-state index contributed by atoms with van der Waals surface area (Å²) in [7, 11) is 1.69. The zero-order valence-corrected chi connectivity index (χ0v) is 15.3. The third-order valence-corrected chi connectivity index (χ3v) is 5.01. The second-order valence-corrected chi connectivity index (χ2v) is 6.86. The molecule has 0 atom stereocenters. The Bertz CT molecular complexity index is 775. The van der Waals surface area contributed by atoms with Crippen molar-refractivity contribution in [3.63, 3.8) is 0 Å². The summed E-state index contributed by atoms with van der Waals surface area (Å²) in [4.78, 5) is 14.3. The van der Waals surface area contributed by atoms with Crippen LogP contribution in [0.15, 0.2) is 27.4 Å². The number of ether oxygens (including phenoxy) is 2. The Hall–Kier alpha value is -1.69. The minimum atomic E-state index is -0.275. The van der Waals surface area contributed by atoms with Crippen LogP contribution >= 0.6 is 0 Å². The van der Waals surface area contributed by atoms with E-state index in [9.17, 15) is 4.79 Å². The summed E-state index contributed by atoms with van der Waals surface area (Å²) in [5.41, 5.74) is 3.81. The first-order chi connectivity index (χ1) is 12.1. The molecule has 0 aliphatic carbocycles. The van der Waals surface area contributed by atoms with Gasteiger partial charge in [-0.25, -0.2) is 4.79 Å². The van der Waals surface area contributed by atoms with Crippen molar-refractivity contribution < 1.29 is 13.9 Å². The zero-order chi connectivity index (χ0) is 17.8. The Balaban J connectivity index is 1.69. The van der Waals surface area contributed by atoms with Crippen LogP contribution in [0.2, 0.25) is 0 Å². The Labute approximate surface area is 148 Å². The highest BCUT2D eigenvalue weighted by atomic mass is 16.5. The largest absolute Gasteiger partial charge is 0.423 e. The summed E-state index contributed by atoms with van der Waals surface area (Å²) < 4.78 is 16.2. The fourth-order valence-electron chi connectivity index (χ4n) is 3.39. The van der Waals surface area contributed by atoms with E-state index < -0.39 is 0 Å². The van der Waals surface area contributed by atoms with Gasteiger partial charge in [-0.1, -0.05) is 0 Å². The molecule has 0 bridgehead atoms. The van der Waals surface area contributed by atoms with Crippen molar-refractivity contribution in [2.75, 3.05) is 33.4 Å². The topological polar surface area (TPSA) is 51.9 Å². The molecule has 5 nitrogen and oxygen atoms in total. The summed E-state index contributed by atoms with van der Waals surface area (Å²) in [5.74, 6) is 0. The minimum absolute atomic E-state index is 0.275. The number of piperidine rings is 1. The van der Waals surface area contributed by atoms with E-state index >= 15 is 0 Å². The molecule has 0 N–H and O–H groups in total. The van der Waals surface area contributed by atoms with Crippen LogP contribution < -0.4 is 5.63 Å². The van der Waals surface area contributed by atoms with Crippen LogP contribution in [0.3, 0.4) is 0 Å². The van der Waals surface area contributed by atoms with Gasteiger partial charge < -0.3 is 13.9 Å². The second kappa shape index (κ2) is 8.13. The maximum absolute atomic E-state index is 11.9. The van der Waals surface area contributed by atoms with Gasteiger partial charge in [0.1, 0.15) is 5.58 Å². The second-order valence-electron chi connectivity index (χ2n) is 6.86. The number of benzene rings is 1. The number of rotatable bonds is 6. The van der Waals surface area contributed by atoms with Gasteiger partial charge in [0.05, 0.1) is 19.3 Å². The van der Waals surface area contributed by atoms with Gasteiger partial charge in [-0.15, -0.1) is 0 Å². The summed E-state index contributed by atoms with van der Waals surface area (Å²) in [6.07, 6.45) is 2.34. The molecule has 3 rings (SSSR count). The van der Waals surface area contributed by atoms with Gasteiger partial charge in [-0.05, 0) is 55.5 Å². The lowest BCUT2D eigenvalue weighted by Gasteiger charge is -2.32. The first-order valence-corrected chi connectivity index (χ1v) is 8.93. The van der Waals surface area contributed by atoms with Gasteiger partial charge in [0.25, 0.3) is 0 Å². The third kappa shape index (κ3) is 4.48. The van der Waals surface area contributed by atoms with Crippen molar-refractivity contribution in [1.29, 1.82) is 0 Å². The highest BCUT2D eigenvalue weighted by Gasteiger charge is 2.20. The molecular formula is C20H27NO4. The molecule has 25 heavy (non-hydrogen) atoms. The first-order valence-electron chi connectivity index (χ1n) is 8.93. The fourth-order valence-corrected chi connectivity index (χ4v) is 3.39. The Morgan fingerprint density at radius 1 is 1.12 bits per heavy atom. The molecule has 0 amide bonds. The van der Waals surface area contributed by atoms with E-state index in [-0.39, 0.29) is 5.63 Å².